The van der Waals surface area contributed by atoms with Crippen molar-refractivity contribution in [3.05, 3.63) is 35.0 Å². The van der Waals surface area contributed by atoms with Gasteiger partial charge in [0.25, 0.3) is 0 Å². The maximum atomic E-state index is 11.5. The Kier molecular flexibility index (Phi) is 3.74. The molecule has 0 saturated heterocycles. The number of ether oxygens (including phenoxy) is 1. The highest BCUT2D eigenvalue weighted by Crippen LogP contribution is 2.21. The first-order chi connectivity index (χ1) is 6.91. The highest BCUT2D eigenvalue weighted by molar-refractivity contribution is 7.94. The molecule has 4 heteroatoms. The van der Waals surface area contributed by atoms with Gasteiger partial charge in [-0.25, -0.2) is 8.42 Å². The van der Waals surface area contributed by atoms with Gasteiger partial charge in [0.1, 0.15) is 5.76 Å². The smallest absolute Gasteiger partial charge is 0.175 e. The van der Waals surface area contributed by atoms with E-state index in [1.165, 1.54) is 6.26 Å². The topological polar surface area (TPSA) is 43.4 Å². The number of sulfone groups is 1. The second kappa shape index (κ2) is 4.66. The summed E-state index contributed by atoms with van der Waals surface area (Å²) >= 11 is 0. The van der Waals surface area contributed by atoms with E-state index >= 15 is 0 Å². The first-order valence-corrected chi connectivity index (χ1v) is 6.73. The van der Waals surface area contributed by atoms with E-state index in [2.05, 4.69) is 0 Å². The fourth-order valence-corrected chi connectivity index (χ4v) is 2.16. The summed E-state index contributed by atoms with van der Waals surface area (Å²) in [6.07, 6.45) is 8.69. The lowest BCUT2D eigenvalue weighted by molar-refractivity contribution is 0.156. The molecule has 0 aromatic heterocycles. The van der Waals surface area contributed by atoms with Crippen molar-refractivity contribution >= 4 is 9.84 Å². The zero-order valence-corrected chi connectivity index (χ0v) is 10.0. The zero-order chi connectivity index (χ0) is 11.5. The highest BCUT2D eigenvalue weighted by Gasteiger charge is 2.17. The van der Waals surface area contributed by atoms with Crippen LogP contribution in [0.15, 0.2) is 35.0 Å². The molecule has 84 valence electrons. The van der Waals surface area contributed by atoms with Gasteiger partial charge in [-0.1, -0.05) is 18.2 Å². The lowest BCUT2D eigenvalue weighted by atomic mass is 10.3. The van der Waals surface area contributed by atoms with E-state index in [0.717, 1.165) is 0 Å². The summed E-state index contributed by atoms with van der Waals surface area (Å²) in [6, 6.07) is 0. The summed E-state index contributed by atoms with van der Waals surface area (Å²) in [7, 11) is -3.19. The minimum atomic E-state index is -3.19. The number of allylic oxidation sites excluding steroid dienone is 5. The van der Waals surface area contributed by atoms with Crippen LogP contribution in [0.3, 0.4) is 0 Å². The molecule has 0 aromatic rings. The molecule has 0 unspecified atom stereocenters. The second-order valence-corrected chi connectivity index (χ2v) is 5.75. The second-order valence-electron chi connectivity index (χ2n) is 3.72. The molecule has 0 N–H and O–H groups in total. The third-order valence-corrected chi connectivity index (χ3v) is 3.15. The van der Waals surface area contributed by atoms with Crippen molar-refractivity contribution in [3.63, 3.8) is 0 Å². The van der Waals surface area contributed by atoms with Gasteiger partial charge in [-0.3, -0.25) is 0 Å². The molecule has 0 fully saturated rings. The van der Waals surface area contributed by atoms with E-state index in [1.807, 2.05) is 26.0 Å². The molecule has 0 bridgehead atoms. The molecule has 1 rings (SSSR count). The molecular formula is C11H16O3S. The van der Waals surface area contributed by atoms with Gasteiger partial charge in [-0.05, 0) is 19.9 Å². The van der Waals surface area contributed by atoms with Gasteiger partial charge in [0.05, 0.1) is 11.0 Å². The quantitative estimate of drug-likeness (QED) is 0.743. The van der Waals surface area contributed by atoms with Crippen LogP contribution in [-0.4, -0.2) is 20.8 Å². The zero-order valence-electron chi connectivity index (χ0n) is 9.23. The van der Waals surface area contributed by atoms with Crippen LogP contribution in [0.25, 0.3) is 0 Å². The van der Waals surface area contributed by atoms with Crippen LogP contribution in [-0.2, 0) is 14.6 Å². The van der Waals surface area contributed by atoms with Crippen molar-refractivity contribution in [2.45, 2.75) is 26.4 Å². The SMILES string of the molecule is CC(C)OC1=C(S(C)(=O)=O)CC=CC=C1. The fourth-order valence-electron chi connectivity index (χ4n) is 1.28. The van der Waals surface area contributed by atoms with E-state index in [0.29, 0.717) is 17.1 Å². The number of hydrogen-bond donors (Lipinski definition) is 0. The Morgan fingerprint density at radius 1 is 1.33 bits per heavy atom. The minimum Gasteiger partial charge on any atom is -0.490 e. The Hall–Kier alpha value is -1.03. The van der Waals surface area contributed by atoms with Crippen LogP contribution < -0.4 is 0 Å². The highest BCUT2D eigenvalue weighted by atomic mass is 32.2. The van der Waals surface area contributed by atoms with Gasteiger partial charge in [0, 0.05) is 12.7 Å². The van der Waals surface area contributed by atoms with Crippen LogP contribution >= 0.6 is 0 Å². The van der Waals surface area contributed by atoms with E-state index in [9.17, 15) is 8.42 Å². The number of rotatable bonds is 3. The molecule has 0 aliphatic heterocycles. The van der Waals surface area contributed by atoms with E-state index in [-0.39, 0.29) is 6.10 Å². The van der Waals surface area contributed by atoms with Crippen molar-refractivity contribution in [3.8, 4) is 0 Å². The van der Waals surface area contributed by atoms with Crippen molar-refractivity contribution in [1.82, 2.24) is 0 Å². The Labute approximate surface area is 91.1 Å². The van der Waals surface area contributed by atoms with Crippen molar-refractivity contribution < 1.29 is 13.2 Å². The van der Waals surface area contributed by atoms with Gasteiger partial charge < -0.3 is 4.74 Å². The maximum absolute atomic E-state index is 11.5. The molecule has 0 amide bonds. The molecular weight excluding hydrogens is 212 g/mol. The molecule has 0 radical (unpaired) electrons. The minimum absolute atomic E-state index is 0.0282. The number of hydrogen-bond acceptors (Lipinski definition) is 3. The van der Waals surface area contributed by atoms with Crippen molar-refractivity contribution in [2.24, 2.45) is 0 Å². The summed E-state index contributed by atoms with van der Waals surface area (Å²) in [5, 5.41) is 0. The first kappa shape index (κ1) is 12.0. The molecule has 0 atom stereocenters. The molecule has 0 saturated carbocycles. The maximum Gasteiger partial charge on any atom is 0.175 e. The summed E-state index contributed by atoms with van der Waals surface area (Å²) in [5.74, 6) is 0.456. The van der Waals surface area contributed by atoms with Gasteiger partial charge in [0.15, 0.2) is 9.84 Å². The van der Waals surface area contributed by atoms with Gasteiger partial charge in [-0.2, -0.15) is 0 Å². The molecule has 0 spiro atoms. The fraction of sp³-hybridized carbons (Fsp3) is 0.455. The van der Waals surface area contributed by atoms with E-state index in [1.54, 1.807) is 12.2 Å². The average molecular weight is 228 g/mol. The van der Waals surface area contributed by atoms with Gasteiger partial charge >= 0.3 is 0 Å². The third kappa shape index (κ3) is 3.55. The van der Waals surface area contributed by atoms with E-state index in [4.69, 9.17) is 4.74 Å². The summed E-state index contributed by atoms with van der Waals surface area (Å²) in [4.78, 5) is 0.348. The van der Waals surface area contributed by atoms with Crippen LogP contribution in [0.5, 0.6) is 0 Å². The van der Waals surface area contributed by atoms with E-state index < -0.39 is 9.84 Å². The van der Waals surface area contributed by atoms with Crippen LogP contribution in [0.2, 0.25) is 0 Å². The molecule has 3 nitrogen and oxygen atoms in total. The lowest BCUT2D eigenvalue weighted by Gasteiger charge is -2.13. The molecule has 15 heavy (non-hydrogen) atoms. The first-order valence-electron chi connectivity index (χ1n) is 4.84. The predicted octanol–water partition coefficient (Wildman–Crippen LogP) is 2.18. The molecule has 1 aliphatic carbocycles. The van der Waals surface area contributed by atoms with Crippen LogP contribution in [0.1, 0.15) is 20.3 Å². The summed E-state index contributed by atoms with van der Waals surface area (Å²) in [5.41, 5.74) is 0. The van der Waals surface area contributed by atoms with Crippen molar-refractivity contribution in [1.29, 1.82) is 0 Å². The van der Waals surface area contributed by atoms with Gasteiger partial charge in [-0.15, -0.1) is 0 Å². The normalized spacial score (nSPS) is 17.1. The molecule has 1 aliphatic rings. The van der Waals surface area contributed by atoms with Crippen LogP contribution in [0.4, 0.5) is 0 Å². The Balaban J connectivity index is 3.15. The van der Waals surface area contributed by atoms with Crippen LogP contribution in [0, 0.1) is 0 Å². The average Bonchev–Trinajstić information content (AvgIpc) is 2.27. The predicted molar refractivity (Wildman–Crippen MR) is 61.0 cm³/mol. The Morgan fingerprint density at radius 2 is 2.00 bits per heavy atom. The monoisotopic (exact) mass is 228 g/mol. The Bertz CT molecular complexity index is 411. The molecule has 0 heterocycles. The third-order valence-electron chi connectivity index (χ3n) is 1.88. The largest absolute Gasteiger partial charge is 0.490 e. The molecule has 0 aromatic carbocycles. The Morgan fingerprint density at radius 3 is 2.53 bits per heavy atom. The summed E-state index contributed by atoms with van der Waals surface area (Å²) < 4.78 is 28.5. The standard InChI is InChI=1S/C11H16O3S/c1-9(2)14-10-7-5-4-6-8-11(10)15(3,12)13/h4-7,9H,8H2,1-3H3. The summed E-state index contributed by atoms with van der Waals surface area (Å²) in [6.45, 7) is 3.75. The van der Waals surface area contributed by atoms with Gasteiger partial charge in [0.2, 0.25) is 0 Å². The lowest BCUT2D eigenvalue weighted by Crippen LogP contribution is -2.09. The van der Waals surface area contributed by atoms with Crippen molar-refractivity contribution in [2.75, 3.05) is 6.26 Å².